The molecular weight excluding hydrogens is 196 g/mol. The Hall–Kier alpha value is -1.30. The van der Waals surface area contributed by atoms with Gasteiger partial charge in [0.15, 0.2) is 0 Å². The van der Waals surface area contributed by atoms with Gasteiger partial charge in [-0.05, 0) is 19.8 Å². The van der Waals surface area contributed by atoms with Crippen LogP contribution < -0.4 is 22.1 Å². The predicted molar refractivity (Wildman–Crippen MR) is 58.1 cm³/mol. The van der Waals surface area contributed by atoms with Crippen LogP contribution in [0.5, 0.6) is 0 Å². The lowest BCUT2D eigenvalue weighted by atomic mass is 10.1. The largest absolute Gasteiger partial charge is 0.354 e. The fourth-order valence-corrected chi connectivity index (χ4v) is 1.06. The van der Waals surface area contributed by atoms with Crippen LogP contribution in [0.3, 0.4) is 0 Å². The van der Waals surface area contributed by atoms with E-state index in [-0.39, 0.29) is 11.9 Å². The predicted octanol–water partition coefficient (Wildman–Crippen LogP) is -0.712. The van der Waals surface area contributed by atoms with Crippen molar-refractivity contribution in [3.05, 3.63) is 0 Å². The Kier molecular flexibility index (Phi) is 7.35. The zero-order valence-corrected chi connectivity index (χ0v) is 9.08. The third kappa shape index (κ3) is 10.6. The zero-order valence-electron chi connectivity index (χ0n) is 9.08. The second-order valence-electron chi connectivity index (χ2n) is 3.51. The smallest absolute Gasteiger partial charge is 0.312 e. The van der Waals surface area contributed by atoms with Crippen molar-refractivity contribution < 1.29 is 9.59 Å². The Bertz CT molecular complexity index is 206. The van der Waals surface area contributed by atoms with Gasteiger partial charge >= 0.3 is 6.03 Å². The number of carbonyl (C=O) groups excluding carboxylic acids is 2. The van der Waals surface area contributed by atoms with Crippen molar-refractivity contribution in [3.8, 4) is 0 Å². The second-order valence-corrected chi connectivity index (χ2v) is 3.51. The summed E-state index contributed by atoms with van der Waals surface area (Å²) in [6.45, 7) is 2.67. The number of nitrogens with one attached hydrogen (secondary N) is 2. The molecule has 0 aliphatic heterocycles. The van der Waals surface area contributed by atoms with Crippen LogP contribution in [0.25, 0.3) is 0 Å². The van der Waals surface area contributed by atoms with Crippen molar-refractivity contribution in [1.29, 1.82) is 0 Å². The fraction of sp³-hybridized carbons (Fsp3) is 0.778. The van der Waals surface area contributed by atoms with Crippen LogP contribution >= 0.6 is 0 Å². The maximum Gasteiger partial charge on any atom is 0.312 e. The molecule has 0 aliphatic carbocycles. The molecule has 0 aromatic rings. The number of amides is 3. The van der Waals surface area contributed by atoms with Crippen LogP contribution in [0.2, 0.25) is 0 Å². The number of primary amides is 1. The molecule has 15 heavy (non-hydrogen) atoms. The maximum absolute atomic E-state index is 11.2. The number of hydrogen-bond donors (Lipinski definition) is 4. The molecule has 0 saturated carbocycles. The second kappa shape index (κ2) is 8.05. The van der Waals surface area contributed by atoms with Crippen LogP contribution in [0.4, 0.5) is 4.79 Å². The number of rotatable bonds is 7. The Morgan fingerprint density at radius 3 is 2.40 bits per heavy atom. The van der Waals surface area contributed by atoms with Gasteiger partial charge in [-0.3, -0.25) is 4.79 Å². The van der Waals surface area contributed by atoms with Crippen LogP contribution in [0.1, 0.15) is 26.2 Å². The molecule has 0 aromatic carbocycles. The van der Waals surface area contributed by atoms with E-state index in [1.54, 1.807) is 0 Å². The monoisotopic (exact) mass is 216 g/mol. The van der Waals surface area contributed by atoms with Crippen molar-refractivity contribution in [2.24, 2.45) is 11.5 Å². The standard InChI is InChI=1S/C9H20N4O2/c1-7(10)3-2-4-8(14)12-5-6-13-9(11)15/h7H,2-6,10H2,1H3,(H,12,14)(H3,11,13,15). The Morgan fingerprint density at radius 1 is 1.27 bits per heavy atom. The topological polar surface area (TPSA) is 110 Å². The quantitative estimate of drug-likeness (QED) is 0.422. The lowest BCUT2D eigenvalue weighted by Crippen LogP contribution is -2.37. The van der Waals surface area contributed by atoms with Crippen LogP contribution in [-0.4, -0.2) is 31.1 Å². The van der Waals surface area contributed by atoms with E-state index in [4.69, 9.17) is 11.5 Å². The van der Waals surface area contributed by atoms with Gasteiger partial charge in [0.25, 0.3) is 0 Å². The summed E-state index contributed by atoms with van der Waals surface area (Å²) in [6, 6.07) is -0.449. The molecule has 0 heterocycles. The molecule has 0 saturated heterocycles. The third-order valence-electron chi connectivity index (χ3n) is 1.81. The van der Waals surface area contributed by atoms with Gasteiger partial charge in [-0.1, -0.05) is 0 Å². The van der Waals surface area contributed by atoms with E-state index in [1.807, 2.05) is 6.92 Å². The van der Waals surface area contributed by atoms with Gasteiger partial charge < -0.3 is 22.1 Å². The molecule has 0 bridgehead atoms. The normalized spacial score (nSPS) is 11.9. The average molecular weight is 216 g/mol. The molecule has 0 spiro atoms. The number of urea groups is 1. The van der Waals surface area contributed by atoms with Gasteiger partial charge in [-0.2, -0.15) is 0 Å². The van der Waals surface area contributed by atoms with E-state index < -0.39 is 6.03 Å². The van der Waals surface area contributed by atoms with E-state index in [2.05, 4.69) is 10.6 Å². The summed E-state index contributed by atoms with van der Waals surface area (Å²) < 4.78 is 0. The molecule has 6 heteroatoms. The molecule has 0 aliphatic rings. The highest BCUT2D eigenvalue weighted by Gasteiger charge is 2.01. The molecule has 6 nitrogen and oxygen atoms in total. The van der Waals surface area contributed by atoms with Crippen LogP contribution in [0, 0.1) is 0 Å². The van der Waals surface area contributed by atoms with Gasteiger partial charge in [-0.15, -0.1) is 0 Å². The summed E-state index contributed by atoms with van der Waals surface area (Å²) in [4.78, 5) is 21.4. The molecule has 1 atom stereocenters. The van der Waals surface area contributed by atoms with E-state index >= 15 is 0 Å². The number of nitrogens with two attached hydrogens (primary N) is 2. The average Bonchev–Trinajstić information content (AvgIpc) is 2.11. The summed E-state index contributed by atoms with van der Waals surface area (Å²) in [6.07, 6.45) is 2.10. The Balaban J connectivity index is 3.30. The molecule has 0 rings (SSSR count). The Morgan fingerprint density at radius 2 is 1.87 bits per heavy atom. The number of hydrogen-bond acceptors (Lipinski definition) is 3. The van der Waals surface area contributed by atoms with Crippen molar-refractivity contribution >= 4 is 11.9 Å². The summed E-state index contributed by atoms with van der Waals surface area (Å²) in [5, 5.41) is 5.04. The minimum Gasteiger partial charge on any atom is -0.354 e. The Labute approximate surface area is 89.8 Å². The minimum absolute atomic E-state index is 0.0260. The maximum atomic E-state index is 11.2. The molecule has 0 fully saturated rings. The van der Waals surface area contributed by atoms with E-state index in [0.29, 0.717) is 19.5 Å². The molecule has 3 amide bonds. The molecule has 6 N–H and O–H groups in total. The first-order chi connectivity index (χ1) is 7.02. The van der Waals surface area contributed by atoms with Crippen molar-refractivity contribution in [1.82, 2.24) is 10.6 Å². The van der Waals surface area contributed by atoms with E-state index in [0.717, 1.165) is 12.8 Å². The summed E-state index contributed by atoms with van der Waals surface area (Å²) in [7, 11) is 0. The van der Waals surface area contributed by atoms with Gasteiger partial charge in [-0.25, -0.2) is 4.79 Å². The summed E-state index contributed by atoms with van der Waals surface area (Å²) >= 11 is 0. The zero-order chi connectivity index (χ0) is 11.7. The van der Waals surface area contributed by atoms with Crippen molar-refractivity contribution in [2.45, 2.75) is 32.2 Å². The fourth-order valence-electron chi connectivity index (χ4n) is 1.06. The third-order valence-corrected chi connectivity index (χ3v) is 1.81. The van der Waals surface area contributed by atoms with Crippen molar-refractivity contribution in [2.75, 3.05) is 13.1 Å². The minimum atomic E-state index is -0.582. The first-order valence-corrected chi connectivity index (χ1v) is 5.08. The molecule has 0 radical (unpaired) electrons. The van der Waals surface area contributed by atoms with Gasteiger partial charge in [0.05, 0.1) is 0 Å². The molecule has 0 aromatic heterocycles. The van der Waals surface area contributed by atoms with Gasteiger partial charge in [0.2, 0.25) is 5.91 Å². The SMILES string of the molecule is CC(N)CCCC(=O)NCCNC(N)=O. The van der Waals surface area contributed by atoms with Crippen molar-refractivity contribution in [3.63, 3.8) is 0 Å². The lowest BCUT2D eigenvalue weighted by molar-refractivity contribution is -0.121. The van der Waals surface area contributed by atoms with Gasteiger partial charge in [0.1, 0.15) is 0 Å². The van der Waals surface area contributed by atoms with Crippen LogP contribution in [0.15, 0.2) is 0 Å². The molecule has 88 valence electrons. The summed E-state index contributed by atoms with van der Waals surface area (Å²) in [5.41, 5.74) is 10.4. The first-order valence-electron chi connectivity index (χ1n) is 5.08. The first kappa shape index (κ1) is 13.7. The van der Waals surface area contributed by atoms with Gasteiger partial charge in [0, 0.05) is 25.6 Å². The highest BCUT2D eigenvalue weighted by atomic mass is 16.2. The molecular formula is C9H20N4O2. The van der Waals surface area contributed by atoms with Crippen LogP contribution in [-0.2, 0) is 4.79 Å². The highest BCUT2D eigenvalue weighted by Crippen LogP contribution is 1.97. The summed E-state index contributed by atoms with van der Waals surface area (Å²) in [5.74, 6) is -0.0260. The molecule has 1 unspecified atom stereocenters. The lowest BCUT2D eigenvalue weighted by Gasteiger charge is -2.06. The number of carbonyl (C=O) groups is 2. The van der Waals surface area contributed by atoms with E-state index in [1.165, 1.54) is 0 Å². The van der Waals surface area contributed by atoms with E-state index in [9.17, 15) is 9.59 Å². The highest BCUT2D eigenvalue weighted by molar-refractivity contribution is 5.76.